The second kappa shape index (κ2) is 4.06. The largest absolute Gasteiger partial charge is 0.144 e. The van der Waals surface area contributed by atoms with E-state index in [0.717, 1.165) is 0 Å². The monoisotopic (exact) mass is 332 g/mol. The minimum Gasteiger partial charge on any atom is -0.144 e. The maximum absolute atomic E-state index is 2.63. The molecule has 4 heterocycles. The number of fused-ring (bicyclic) bond motifs is 5. The van der Waals surface area contributed by atoms with Gasteiger partial charge >= 0.3 is 0 Å². The predicted molar refractivity (Wildman–Crippen MR) is 99.1 cm³/mol. The summed E-state index contributed by atoms with van der Waals surface area (Å²) in [6, 6.07) is 7.82. The minimum atomic E-state index is -1.42. The molecular formula is C16H20S2Si2. The first kappa shape index (κ1) is 13.3. The summed E-state index contributed by atoms with van der Waals surface area (Å²) in [6.45, 7) is 9.72. The van der Waals surface area contributed by atoms with Gasteiger partial charge in [0.2, 0.25) is 0 Å². The average Bonchev–Trinajstić information content (AvgIpc) is 3.05. The zero-order valence-corrected chi connectivity index (χ0v) is 16.2. The quantitative estimate of drug-likeness (QED) is 0.551. The summed E-state index contributed by atoms with van der Waals surface area (Å²) in [5.74, 6) is 0. The molecule has 0 saturated carbocycles. The molecule has 0 nitrogen and oxygen atoms in total. The zero-order valence-electron chi connectivity index (χ0n) is 12.5. The number of hydrogen-bond donors (Lipinski definition) is 0. The highest BCUT2D eigenvalue weighted by Crippen LogP contribution is 2.42. The van der Waals surface area contributed by atoms with Crippen LogP contribution in [-0.2, 0) is 0 Å². The fraction of sp³-hybridized carbons (Fsp3) is 0.375. The molecule has 104 valence electrons. The molecular weight excluding hydrogens is 312 g/mol. The van der Waals surface area contributed by atoms with E-state index in [4.69, 9.17) is 0 Å². The van der Waals surface area contributed by atoms with Crippen molar-refractivity contribution in [1.82, 2.24) is 0 Å². The lowest BCUT2D eigenvalue weighted by molar-refractivity contribution is 1.60. The minimum absolute atomic E-state index is 1.18. The Hall–Kier alpha value is -0.426. The second-order valence-corrected chi connectivity index (χ2v) is 18.9. The van der Waals surface area contributed by atoms with Gasteiger partial charge in [-0.25, -0.2) is 0 Å². The number of allylic oxidation sites excluding steroid dienone is 2. The molecule has 2 aromatic rings. The lowest BCUT2D eigenvalue weighted by atomic mass is 10.4. The van der Waals surface area contributed by atoms with E-state index >= 15 is 0 Å². The van der Waals surface area contributed by atoms with Gasteiger partial charge in [0, 0.05) is 14.6 Å². The van der Waals surface area contributed by atoms with Gasteiger partial charge in [-0.1, -0.05) is 37.9 Å². The van der Waals surface area contributed by atoms with Crippen molar-refractivity contribution in [3.05, 3.63) is 29.2 Å². The van der Waals surface area contributed by atoms with Crippen LogP contribution in [0.3, 0.4) is 0 Å². The van der Waals surface area contributed by atoms with Crippen molar-refractivity contribution < 1.29 is 0 Å². The van der Waals surface area contributed by atoms with E-state index in [1.165, 1.54) is 17.0 Å². The van der Waals surface area contributed by atoms with Crippen molar-refractivity contribution in [2.24, 2.45) is 0 Å². The molecule has 1 spiro atoms. The molecule has 4 heteroatoms. The van der Waals surface area contributed by atoms with Crippen LogP contribution in [0.25, 0.3) is 9.75 Å². The third-order valence-electron chi connectivity index (χ3n) is 4.66. The van der Waals surface area contributed by atoms with E-state index < -0.39 is 16.1 Å². The molecule has 0 saturated heterocycles. The Morgan fingerprint density at radius 2 is 1.55 bits per heavy atom. The normalized spacial score (nSPS) is 18.8. The van der Waals surface area contributed by atoms with Crippen molar-refractivity contribution >= 4 is 53.7 Å². The van der Waals surface area contributed by atoms with Gasteiger partial charge in [0.05, 0.1) is 8.07 Å². The van der Waals surface area contributed by atoms with E-state index in [-0.39, 0.29) is 0 Å². The standard InChI is InChI=1S/C16H20S2Si2/c1-11-9-12-15(17-11)16-13(20(12)7-5-6-8-20)10-14(18-16)19(2,3)4/h5-6,9-10H,7-8H2,1-4H3. The van der Waals surface area contributed by atoms with Crippen LogP contribution < -0.4 is 14.9 Å². The molecule has 0 N–H and O–H groups in total. The molecule has 4 rings (SSSR count). The molecule has 20 heavy (non-hydrogen) atoms. The maximum Gasteiger partial charge on any atom is 0.129 e. The fourth-order valence-corrected chi connectivity index (χ4v) is 14.1. The van der Waals surface area contributed by atoms with E-state index in [0.29, 0.717) is 0 Å². The molecule has 0 bridgehead atoms. The molecule has 2 aromatic heterocycles. The Morgan fingerprint density at radius 1 is 0.950 bits per heavy atom. The summed E-state index contributed by atoms with van der Waals surface area (Å²) in [6.07, 6.45) is 4.90. The molecule has 2 aliphatic heterocycles. The van der Waals surface area contributed by atoms with Crippen molar-refractivity contribution in [2.45, 2.75) is 38.7 Å². The molecule has 0 atom stereocenters. The first-order valence-corrected chi connectivity index (χ1v) is 14.9. The van der Waals surface area contributed by atoms with E-state index in [1.807, 2.05) is 11.3 Å². The molecule has 0 radical (unpaired) electrons. The Kier molecular flexibility index (Phi) is 2.69. The van der Waals surface area contributed by atoms with E-state index in [1.54, 1.807) is 24.6 Å². The zero-order chi connectivity index (χ0) is 14.1. The van der Waals surface area contributed by atoms with Crippen molar-refractivity contribution in [2.75, 3.05) is 0 Å². The summed E-state index contributed by atoms with van der Waals surface area (Å²) >= 11 is 4.16. The van der Waals surface area contributed by atoms with Crippen LogP contribution in [-0.4, -0.2) is 16.1 Å². The predicted octanol–water partition coefficient (Wildman–Crippen LogP) is 3.78. The first-order valence-electron chi connectivity index (χ1n) is 7.33. The number of aryl methyl sites for hydroxylation is 1. The molecule has 2 aliphatic rings. The maximum atomic E-state index is 2.63. The van der Waals surface area contributed by atoms with Gasteiger partial charge < -0.3 is 0 Å². The Balaban J connectivity index is 1.99. The highest BCUT2D eigenvalue weighted by atomic mass is 32.1. The summed E-state index contributed by atoms with van der Waals surface area (Å²) in [7, 11) is -2.60. The van der Waals surface area contributed by atoms with Gasteiger partial charge in [0.1, 0.15) is 8.07 Å². The van der Waals surface area contributed by atoms with Crippen molar-refractivity contribution in [1.29, 1.82) is 0 Å². The Bertz CT molecular complexity index is 720. The molecule has 0 amide bonds. The second-order valence-electron chi connectivity index (χ2n) is 7.17. The van der Waals surface area contributed by atoms with Gasteiger partial charge in [-0.2, -0.15) is 0 Å². The Labute approximate surface area is 131 Å². The number of rotatable bonds is 1. The highest BCUT2D eigenvalue weighted by molar-refractivity contribution is 7.35. The average molecular weight is 333 g/mol. The van der Waals surface area contributed by atoms with Crippen LogP contribution in [0, 0.1) is 6.92 Å². The highest BCUT2D eigenvalue weighted by Gasteiger charge is 2.48. The van der Waals surface area contributed by atoms with Crippen LogP contribution in [0.15, 0.2) is 24.3 Å². The first-order chi connectivity index (χ1) is 9.42. The van der Waals surface area contributed by atoms with Gasteiger partial charge in [-0.05, 0) is 40.0 Å². The van der Waals surface area contributed by atoms with Crippen LogP contribution >= 0.6 is 22.7 Å². The van der Waals surface area contributed by atoms with E-state index in [2.05, 4.69) is 62.2 Å². The third-order valence-corrected chi connectivity index (χ3v) is 15.7. The summed E-state index contributed by atoms with van der Waals surface area (Å²) in [5, 5.41) is 3.54. The summed E-state index contributed by atoms with van der Waals surface area (Å²) < 4.78 is 1.71. The molecule has 0 fully saturated rings. The summed E-state index contributed by atoms with van der Waals surface area (Å²) in [5.41, 5.74) is 0. The van der Waals surface area contributed by atoms with E-state index in [9.17, 15) is 0 Å². The lowest BCUT2D eigenvalue weighted by Crippen LogP contribution is -2.53. The van der Waals surface area contributed by atoms with Crippen LogP contribution in [0.2, 0.25) is 31.7 Å². The Morgan fingerprint density at radius 3 is 2.20 bits per heavy atom. The topological polar surface area (TPSA) is 0 Å². The van der Waals surface area contributed by atoms with Crippen LogP contribution in [0.4, 0.5) is 0 Å². The van der Waals surface area contributed by atoms with Gasteiger partial charge in [-0.15, -0.1) is 22.7 Å². The molecule has 0 aliphatic carbocycles. The number of hydrogen-bond acceptors (Lipinski definition) is 2. The van der Waals surface area contributed by atoms with Crippen LogP contribution in [0.5, 0.6) is 0 Å². The van der Waals surface area contributed by atoms with Gasteiger partial charge in [0.15, 0.2) is 0 Å². The summed E-state index contributed by atoms with van der Waals surface area (Å²) in [4.78, 5) is 4.80. The lowest BCUT2D eigenvalue weighted by Gasteiger charge is -2.22. The molecule has 0 aromatic carbocycles. The van der Waals surface area contributed by atoms with Crippen molar-refractivity contribution in [3.8, 4) is 9.75 Å². The smallest absolute Gasteiger partial charge is 0.129 e. The SMILES string of the molecule is Cc1cc2c(s1)-c1sc([Si](C)(C)C)cc1[Si]21CC=CC1. The third kappa shape index (κ3) is 1.62. The number of thiophene rings is 2. The van der Waals surface area contributed by atoms with Crippen LogP contribution in [0.1, 0.15) is 4.88 Å². The van der Waals surface area contributed by atoms with Crippen molar-refractivity contribution in [3.63, 3.8) is 0 Å². The molecule has 0 unspecified atom stereocenters. The van der Waals surface area contributed by atoms with Gasteiger partial charge in [-0.3, -0.25) is 0 Å². The fourth-order valence-electron chi connectivity index (χ4n) is 3.56. The van der Waals surface area contributed by atoms with Gasteiger partial charge in [0.25, 0.3) is 0 Å².